The summed E-state index contributed by atoms with van der Waals surface area (Å²) in [7, 11) is 0. The van der Waals surface area contributed by atoms with Crippen LogP contribution in [0, 0.1) is 0 Å². The highest BCUT2D eigenvalue weighted by atomic mass is 16.5. The van der Waals surface area contributed by atoms with Crippen LogP contribution in [0.5, 0.6) is 17.2 Å². The van der Waals surface area contributed by atoms with Crippen molar-refractivity contribution in [1.29, 1.82) is 0 Å². The number of para-hydroxylation sites is 1. The Hall–Kier alpha value is -3.33. The lowest BCUT2D eigenvalue weighted by Crippen LogP contribution is -2.18. The molecule has 0 fully saturated rings. The van der Waals surface area contributed by atoms with E-state index in [0.29, 0.717) is 5.75 Å². The Balaban J connectivity index is 1.76. The van der Waals surface area contributed by atoms with Crippen LogP contribution < -0.4 is 9.47 Å². The molecule has 3 heteroatoms. The van der Waals surface area contributed by atoms with Crippen LogP contribution >= 0.6 is 0 Å². The Kier molecular flexibility index (Phi) is 5.41. The maximum absolute atomic E-state index is 11.3. The van der Waals surface area contributed by atoms with E-state index in [2.05, 4.69) is 32.6 Å². The summed E-state index contributed by atoms with van der Waals surface area (Å²) in [6, 6.07) is 25.4. The first-order valence-corrected chi connectivity index (χ1v) is 8.77. The number of carbonyl (C=O) groups is 1. The normalized spacial score (nSPS) is 10.9. The molecule has 0 aliphatic heterocycles. The molecule has 3 nitrogen and oxygen atoms in total. The zero-order valence-corrected chi connectivity index (χ0v) is 15.5. The summed E-state index contributed by atoms with van der Waals surface area (Å²) in [5.74, 6) is 1.66. The summed E-state index contributed by atoms with van der Waals surface area (Å²) in [5, 5.41) is 0. The van der Waals surface area contributed by atoms with Gasteiger partial charge in [0, 0.05) is 11.5 Å². The Morgan fingerprint density at radius 1 is 0.778 bits per heavy atom. The van der Waals surface area contributed by atoms with E-state index in [1.807, 2.05) is 54.6 Å². The highest BCUT2D eigenvalue weighted by Gasteiger charge is 2.23. The van der Waals surface area contributed by atoms with Gasteiger partial charge in [-0.05, 0) is 47.5 Å². The first kappa shape index (κ1) is 18.5. The van der Waals surface area contributed by atoms with Crippen molar-refractivity contribution in [3.8, 4) is 17.2 Å². The molecule has 0 spiro atoms. The van der Waals surface area contributed by atoms with Crippen molar-refractivity contribution in [3.63, 3.8) is 0 Å². The topological polar surface area (TPSA) is 35.5 Å². The molecule has 0 aliphatic rings. The van der Waals surface area contributed by atoms with Gasteiger partial charge in [0.05, 0.1) is 0 Å². The standard InChI is InChI=1S/C24H22O3/c1-4-23(25)27-22-16-12-19(13-17-22)24(2,3)18-10-14-21(15-11-18)26-20-8-6-5-7-9-20/h4-17H,1H2,2-3H3. The molecule has 0 aromatic heterocycles. The molecule has 0 amide bonds. The fourth-order valence-corrected chi connectivity index (χ4v) is 2.83. The minimum atomic E-state index is -0.462. The average molecular weight is 358 g/mol. The van der Waals surface area contributed by atoms with Crippen molar-refractivity contribution in [3.05, 3.63) is 103 Å². The van der Waals surface area contributed by atoms with Crippen molar-refractivity contribution < 1.29 is 14.3 Å². The molecule has 3 aromatic carbocycles. The molecule has 3 aromatic rings. The third-order valence-corrected chi connectivity index (χ3v) is 4.52. The number of ether oxygens (including phenoxy) is 2. The zero-order valence-electron chi connectivity index (χ0n) is 15.5. The SMILES string of the molecule is C=CC(=O)Oc1ccc(C(C)(C)c2ccc(Oc3ccccc3)cc2)cc1. The molecular formula is C24H22O3. The molecule has 0 heterocycles. The second kappa shape index (κ2) is 7.92. The van der Waals surface area contributed by atoms with Gasteiger partial charge in [-0.3, -0.25) is 0 Å². The van der Waals surface area contributed by atoms with Crippen LogP contribution in [-0.4, -0.2) is 5.97 Å². The van der Waals surface area contributed by atoms with E-state index in [4.69, 9.17) is 9.47 Å². The quantitative estimate of drug-likeness (QED) is 0.313. The molecular weight excluding hydrogens is 336 g/mol. The predicted molar refractivity (Wildman–Crippen MR) is 107 cm³/mol. The lowest BCUT2D eigenvalue weighted by atomic mass is 9.78. The predicted octanol–water partition coefficient (Wildman–Crippen LogP) is 5.90. The van der Waals surface area contributed by atoms with Crippen molar-refractivity contribution in [2.45, 2.75) is 19.3 Å². The lowest BCUT2D eigenvalue weighted by Gasteiger charge is -2.26. The fraction of sp³-hybridized carbons (Fsp3) is 0.125. The van der Waals surface area contributed by atoms with E-state index < -0.39 is 5.97 Å². The summed E-state index contributed by atoms with van der Waals surface area (Å²) < 4.78 is 11.0. The van der Waals surface area contributed by atoms with Crippen LogP contribution in [0.1, 0.15) is 25.0 Å². The number of hydrogen-bond donors (Lipinski definition) is 0. The van der Waals surface area contributed by atoms with Crippen LogP contribution in [0.4, 0.5) is 0 Å². The number of carbonyl (C=O) groups excluding carboxylic acids is 1. The van der Waals surface area contributed by atoms with Gasteiger partial charge in [0.1, 0.15) is 17.2 Å². The number of benzene rings is 3. The molecule has 3 rings (SSSR count). The Bertz CT molecular complexity index is 908. The van der Waals surface area contributed by atoms with Gasteiger partial charge in [-0.25, -0.2) is 4.79 Å². The van der Waals surface area contributed by atoms with Crippen LogP contribution in [0.25, 0.3) is 0 Å². The van der Waals surface area contributed by atoms with Crippen LogP contribution in [-0.2, 0) is 10.2 Å². The van der Waals surface area contributed by atoms with Gasteiger partial charge in [-0.2, -0.15) is 0 Å². The average Bonchev–Trinajstić information content (AvgIpc) is 2.69. The summed E-state index contributed by atoms with van der Waals surface area (Å²) in [4.78, 5) is 11.3. The molecule has 0 aliphatic carbocycles. The molecule has 27 heavy (non-hydrogen) atoms. The van der Waals surface area contributed by atoms with Crippen molar-refractivity contribution >= 4 is 5.97 Å². The summed E-state index contributed by atoms with van der Waals surface area (Å²) >= 11 is 0. The largest absolute Gasteiger partial charge is 0.457 e. The van der Waals surface area contributed by atoms with Crippen LogP contribution in [0.2, 0.25) is 0 Å². The first-order valence-electron chi connectivity index (χ1n) is 8.77. The van der Waals surface area contributed by atoms with Gasteiger partial charge in [-0.15, -0.1) is 0 Å². The molecule has 136 valence electrons. The minimum Gasteiger partial charge on any atom is -0.457 e. The highest BCUT2D eigenvalue weighted by molar-refractivity contribution is 5.83. The lowest BCUT2D eigenvalue weighted by molar-refractivity contribution is -0.128. The van der Waals surface area contributed by atoms with Gasteiger partial charge in [0.25, 0.3) is 0 Å². The molecule has 0 unspecified atom stereocenters. The Morgan fingerprint density at radius 3 is 1.78 bits per heavy atom. The third kappa shape index (κ3) is 4.45. The van der Waals surface area contributed by atoms with Crippen molar-refractivity contribution in [2.24, 2.45) is 0 Å². The molecule has 0 bridgehead atoms. The number of hydrogen-bond acceptors (Lipinski definition) is 3. The van der Waals surface area contributed by atoms with E-state index in [-0.39, 0.29) is 5.41 Å². The monoisotopic (exact) mass is 358 g/mol. The smallest absolute Gasteiger partial charge is 0.335 e. The second-order valence-corrected chi connectivity index (χ2v) is 6.71. The van der Waals surface area contributed by atoms with Crippen molar-refractivity contribution in [2.75, 3.05) is 0 Å². The van der Waals surface area contributed by atoms with Gasteiger partial charge in [0.15, 0.2) is 0 Å². The van der Waals surface area contributed by atoms with Gasteiger partial charge < -0.3 is 9.47 Å². The van der Waals surface area contributed by atoms with Crippen molar-refractivity contribution in [1.82, 2.24) is 0 Å². The molecule has 0 saturated heterocycles. The molecule has 0 N–H and O–H groups in total. The van der Waals surface area contributed by atoms with Crippen LogP contribution in [0.3, 0.4) is 0 Å². The Morgan fingerprint density at radius 2 is 1.26 bits per heavy atom. The Labute approximate surface area is 159 Å². The summed E-state index contributed by atoms with van der Waals surface area (Å²) in [6.45, 7) is 7.72. The minimum absolute atomic E-state index is 0.202. The summed E-state index contributed by atoms with van der Waals surface area (Å²) in [5.41, 5.74) is 2.09. The first-order chi connectivity index (χ1) is 13.0. The van der Waals surface area contributed by atoms with E-state index in [1.165, 1.54) is 5.56 Å². The number of rotatable bonds is 6. The molecule has 0 saturated carbocycles. The number of esters is 1. The zero-order chi connectivity index (χ0) is 19.3. The van der Waals surface area contributed by atoms with Gasteiger partial charge in [0.2, 0.25) is 0 Å². The van der Waals surface area contributed by atoms with Gasteiger partial charge in [-0.1, -0.05) is 62.9 Å². The van der Waals surface area contributed by atoms with Crippen LogP contribution in [0.15, 0.2) is 91.5 Å². The van der Waals surface area contributed by atoms with E-state index in [1.54, 1.807) is 12.1 Å². The van der Waals surface area contributed by atoms with E-state index in [0.717, 1.165) is 23.1 Å². The third-order valence-electron chi connectivity index (χ3n) is 4.52. The maximum Gasteiger partial charge on any atom is 0.335 e. The van der Waals surface area contributed by atoms with E-state index in [9.17, 15) is 4.79 Å². The maximum atomic E-state index is 11.3. The fourth-order valence-electron chi connectivity index (χ4n) is 2.83. The van der Waals surface area contributed by atoms with E-state index >= 15 is 0 Å². The molecule has 0 atom stereocenters. The molecule has 0 radical (unpaired) electrons. The summed E-state index contributed by atoms with van der Waals surface area (Å²) in [6.07, 6.45) is 1.15. The second-order valence-electron chi connectivity index (χ2n) is 6.71. The highest BCUT2D eigenvalue weighted by Crippen LogP contribution is 2.34. The van der Waals surface area contributed by atoms with Gasteiger partial charge >= 0.3 is 5.97 Å².